The SMILES string of the molecule is CCCCc1nc(SCc2ccc(OC)cc2)c(C(=O)O)[nH]1. The quantitative estimate of drug-likeness (QED) is 0.725. The normalized spacial score (nSPS) is 10.6. The number of ether oxygens (including phenoxy) is 1. The molecule has 5 nitrogen and oxygen atoms in total. The zero-order chi connectivity index (χ0) is 15.9. The summed E-state index contributed by atoms with van der Waals surface area (Å²) in [4.78, 5) is 18.6. The molecule has 0 unspecified atom stereocenters. The number of hydrogen-bond acceptors (Lipinski definition) is 4. The molecule has 0 fully saturated rings. The molecule has 0 aliphatic carbocycles. The summed E-state index contributed by atoms with van der Waals surface area (Å²) in [6.07, 6.45) is 2.83. The second-order valence-electron chi connectivity index (χ2n) is 4.91. The van der Waals surface area contributed by atoms with Crippen LogP contribution in [0.4, 0.5) is 0 Å². The number of H-pyrrole nitrogens is 1. The number of nitrogens with one attached hydrogen (secondary N) is 1. The molecule has 2 N–H and O–H groups in total. The molecule has 2 rings (SSSR count). The van der Waals surface area contributed by atoms with Gasteiger partial charge in [0.1, 0.15) is 16.6 Å². The van der Waals surface area contributed by atoms with Crippen molar-refractivity contribution in [3.63, 3.8) is 0 Å². The number of imidazole rings is 1. The molecule has 0 bridgehead atoms. The van der Waals surface area contributed by atoms with Crippen LogP contribution >= 0.6 is 11.8 Å². The van der Waals surface area contributed by atoms with E-state index < -0.39 is 5.97 Å². The summed E-state index contributed by atoms with van der Waals surface area (Å²) in [5, 5.41) is 9.82. The molecule has 1 aromatic heterocycles. The molecule has 1 aromatic carbocycles. The molecule has 0 radical (unpaired) electrons. The first-order chi connectivity index (χ1) is 10.6. The monoisotopic (exact) mass is 320 g/mol. The minimum absolute atomic E-state index is 0.185. The summed E-state index contributed by atoms with van der Waals surface area (Å²) in [6, 6.07) is 7.73. The number of unbranched alkanes of at least 4 members (excludes halogenated alkanes) is 1. The summed E-state index contributed by atoms with van der Waals surface area (Å²) in [5.74, 6) is 1.26. The minimum atomic E-state index is -0.965. The van der Waals surface area contributed by atoms with Crippen molar-refractivity contribution < 1.29 is 14.6 Å². The van der Waals surface area contributed by atoms with E-state index in [4.69, 9.17) is 4.74 Å². The van der Waals surface area contributed by atoms with Gasteiger partial charge in [-0.05, 0) is 24.1 Å². The number of carboxylic acids is 1. The van der Waals surface area contributed by atoms with Gasteiger partial charge < -0.3 is 14.8 Å². The first-order valence-electron chi connectivity index (χ1n) is 7.22. The zero-order valence-electron chi connectivity index (χ0n) is 12.8. The summed E-state index contributed by atoms with van der Waals surface area (Å²) in [7, 11) is 1.63. The third kappa shape index (κ3) is 4.27. The van der Waals surface area contributed by atoms with Crippen LogP contribution in [0.3, 0.4) is 0 Å². The van der Waals surface area contributed by atoms with Gasteiger partial charge in [-0.2, -0.15) is 0 Å². The first kappa shape index (κ1) is 16.4. The van der Waals surface area contributed by atoms with Crippen molar-refractivity contribution in [2.75, 3.05) is 7.11 Å². The molecule has 0 aliphatic rings. The average molecular weight is 320 g/mol. The van der Waals surface area contributed by atoms with E-state index in [1.165, 1.54) is 11.8 Å². The number of thioether (sulfide) groups is 1. The Labute approximate surface area is 134 Å². The standard InChI is InChI=1S/C16H20N2O3S/c1-3-4-5-13-17-14(16(19)20)15(18-13)22-10-11-6-8-12(21-2)9-7-11/h6-9H,3-5,10H2,1-2H3,(H,17,18)(H,19,20). The minimum Gasteiger partial charge on any atom is -0.497 e. The van der Waals surface area contributed by atoms with E-state index in [1.54, 1.807) is 7.11 Å². The summed E-state index contributed by atoms with van der Waals surface area (Å²) < 4.78 is 5.12. The lowest BCUT2D eigenvalue weighted by Gasteiger charge is -2.02. The zero-order valence-corrected chi connectivity index (χ0v) is 13.6. The number of aromatic amines is 1. The lowest BCUT2D eigenvalue weighted by atomic mass is 10.2. The lowest BCUT2D eigenvalue weighted by Crippen LogP contribution is -1.99. The Kier molecular flexibility index (Phi) is 5.89. The van der Waals surface area contributed by atoms with E-state index in [2.05, 4.69) is 16.9 Å². The van der Waals surface area contributed by atoms with Crippen molar-refractivity contribution in [3.8, 4) is 5.75 Å². The molecule has 0 spiro atoms. The maximum Gasteiger partial charge on any atom is 0.355 e. The van der Waals surface area contributed by atoms with Gasteiger partial charge in [0.2, 0.25) is 0 Å². The molecule has 0 saturated heterocycles. The molecule has 0 amide bonds. The number of benzene rings is 1. The van der Waals surface area contributed by atoms with Crippen LogP contribution in [0.15, 0.2) is 29.3 Å². The predicted molar refractivity (Wildman–Crippen MR) is 86.7 cm³/mol. The Morgan fingerprint density at radius 2 is 2.09 bits per heavy atom. The smallest absolute Gasteiger partial charge is 0.355 e. The Morgan fingerprint density at radius 1 is 1.36 bits per heavy atom. The predicted octanol–water partition coefficient (Wildman–Crippen LogP) is 3.75. The van der Waals surface area contributed by atoms with Crippen LogP contribution in [-0.2, 0) is 12.2 Å². The van der Waals surface area contributed by atoms with E-state index in [0.717, 1.165) is 36.4 Å². The van der Waals surface area contributed by atoms with Crippen LogP contribution in [0.5, 0.6) is 5.75 Å². The molecule has 0 aliphatic heterocycles. The van der Waals surface area contributed by atoms with Gasteiger partial charge in [0.05, 0.1) is 7.11 Å². The van der Waals surface area contributed by atoms with Gasteiger partial charge in [-0.25, -0.2) is 9.78 Å². The first-order valence-corrected chi connectivity index (χ1v) is 8.20. The van der Waals surface area contributed by atoms with Gasteiger partial charge in [-0.15, -0.1) is 0 Å². The van der Waals surface area contributed by atoms with Gasteiger partial charge >= 0.3 is 5.97 Å². The molecule has 22 heavy (non-hydrogen) atoms. The molecule has 6 heteroatoms. The Balaban J connectivity index is 2.06. The fourth-order valence-corrected chi connectivity index (χ4v) is 2.94. The number of rotatable bonds is 8. The fourth-order valence-electron chi connectivity index (χ4n) is 1.99. The van der Waals surface area contributed by atoms with E-state index in [1.807, 2.05) is 24.3 Å². The van der Waals surface area contributed by atoms with E-state index >= 15 is 0 Å². The molecule has 2 aromatic rings. The third-order valence-corrected chi connectivity index (χ3v) is 4.28. The summed E-state index contributed by atoms with van der Waals surface area (Å²) >= 11 is 1.43. The Bertz CT molecular complexity index is 623. The van der Waals surface area contributed by atoms with Gasteiger partial charge in [-0.3, -0.25) is 0 Å². The number of nitrogens with zero attached hydrogens (tertiary/aromatic N) is 1. The molecule has 1 heterocycles. The topological polar surface area (TPSA) is 75.2 Å². The summed E-state index contributed by atoms with van der Waals surface area (Å²) in [5.41, 5.74) is 1.28. The largest absolute Gasteiger partial charge is 0.497 e. The van der Waals surface area contributed by atoms with Crippen molar-refractivity contribution in [1.82, 2.24) is 9.97 Å². The van der Waals surface area contributed by atoms with Crippen LogP contribution in [0.1, 0.15) is 41.6 Å². The number of hydrogen-bond donors (Lipinski definition) is 2. The number of methoxy groups -OCH3 is 1. The maximum absolute atomic E-state index is 11.3. The van der Waals surface area contributed by atoms with Gasteiger partial charge in [-0.1, -0.05) is 37.2 Å². The van der Waals surface area contributed by atoms with Crippen molar-refractivity contribution in [3.05, 3.63) is 41.3 Å². The maximum atomic E-state index is 11.3. The second-order valence-corrected chi connectivity index (χ2v) is 5.87. The van der Waals surface area contributed by atoms with Crippen molar-refractivity contribution in [2.24, 2.45) is 0 Å². The molecule has 118 valence electrons. The highest BCUT2D eigenvalue weighted by Crippen LogP contribution is 2.26. The van der Waals surface area contributed by atoms with Crippen molar-refractivity contribution in [2.45, 2.75) is 37.0 Å². The van der Waals surface area contributed by atoms with E-state index in [9.17, 15) is 9.90 Å². The average Bonchev–Trinajstić information content (AvgIpc) is 2.95. The highest BCUT2D eigenvalue weighted by Gasteiger charge is 2.16. The van der Waals surface area contributed by atoms with Crippen LogP contribution in [-0.4, -0.2) is 28.2 Å². The van der Waals surface area contributed by atoms with Gasteiger partial charge in [0, 0.05) is 12.2 Å². The fraction of sp³-hybridized carbons (Fsp3) is 0.375. The highest BCUT2D eigenvalue weighted by atomic mass is 32.2. The van der Waals surface area contributed by atoms with Gasteiger partial charge in [0.15, 0.2) is 5.69 Å². The van der Waals surface area contributed by atoms with Crippen LogP contribution in [0, 0.1) is 0 Å². The van der Waals surface area contributed by atoms with Crippen LogP contribution < -0.4 is 4.74 Å². The molecular weight excluding hydrogens is 300 g/mol. The van der Waals surface area contributed by atoms with Crippen LogP contribution in [0.2, 0.25) is 0 Å². The van der Waals surface area contributed by atoms with E-state index in [-0.39, 0.29) is 5.69 Å². The van der Waals surface area contributed by atoms with Crippen molar-refractivity contribution in [1.29, 1.82) is 0 Å². The lowest BCUT2D eigenvalue weighted by molar-refractivity contribution is 0.0687. The van der Waals surface area contributed by atoms with Gasteiger partial charge in [0.25, 0.3) is 0 Å². The Morgan fingerprint density at radius 3 is 2.68 bits per heavy atom. The number of aromatic nitrogens is 2. The van der Waals surface area contributed by atoms with Crippen LogP contribution in [0.25, 0.3) is 0 Å². The number of aromatic carboxylic acids is 1. The highest BCUT2D eigenvalue weighted by molar-refractivity contribution is 7.98. The molecule has 0 saturated carbocycles. The summed E-state index contributed by atoms with van der Waals surface area (Å²) in [6.45, 7) is 2.10. The third-order valence-electron chi connectivity index (χ3n) is 3.24. The van der Waals surface area contributed by atoms with Crippen molar-refractivity contribution >= 4 is 17.7 Å². The van der Waals surface area contributed by atoms with E-state index in [0.29, 0.717) is 10.8 Å². The molecular formula is C16H20N2O3S. The second kappa shape index (κ2) is 7.89. The number of carbonyl (C=O) groups is 1. The number of carboxylic acid groups (broad SMARTS) is 1. The Hall–Kier alpha value is -1.95. The molecule has 0 atom stereocenters. The number of aryl methyl sites for hydroxylation is 1.